The first-order valence-corrected chi connectivity index (χ1v) is 10.0. The highest BCUT2D eigenvalue weighted by Crippen LogP contribution is 2.32. The Morgan fingerprint density at radius 2 is 1.89 bits per heavy atom. The number of carbonyl (C=O) groups excluding carboxylic acids is 1. The average Bonchev–Trinajstić information content (AvgIpc) is 3.30. The third kappa shape index (κ3) is 4.35. The average molecular weight is 410 g/mol. The summed E-state index contributed by atoms with van der Waals surface area (Å²) in [6.07, 6.45) is 1.06. The van der Waals surface area contributed by atoms with Gasteiger partial charge in [-0.2, -0.15) is 0 Å². The molecule has 0 bridgehead atoms. The molecule has 1 amide bonds. The summed E-state index contributed by atoms with van der Waals surface area (Å²) in [6, 6.07) is 8.93. The number of benzene rings is 1. The Hall–Kier alpha value is -1.47. The van der Waals surface area contributed by atoms with Crippen LogP contribution in [0.2, 0.25) is 0 Å². The number of nitrogens with one attached hydrogen (secondary N) is 1. The van der Waals surface area contributed by atoms with Gasteiger partial charge in [-0.05, 0) is 42.7 Å². The van der Waals surface area contributed by atoms with Gasteiger partial charge in [-0.1, -0.05) is 12.1 Å². The van der Waals surface area contributed by atoms with Gasteiger partial charge in [0.05, 0.1) is 4.88 Å². The minimum atomic E-state index is -0.242. The van der Waals surface area contributed by atoms with Crippen molar-refractivity contribution in [1.82, 2.24) is 15.1 Å². The fourth-order valence-electron chi connectivity index (χ4n) is 3.93. The van der Waals surface area contributed by atoms with Crippen LogP contribution in [0.3, 0.4) is 0 Å². The Labute approximate surface area is 169 Å². The quantitative estimate of drug-likeness (QED) is 0.843. The molecule has 2 aliphatic heterocycles. The fourth-order valence-corrected chi connectivity index (χ4v) is 4.94. The van der Waals surface area contributed by atoms with Crippen molar-refractivity contribution in [3.05, 3.63) is 45.9 Å². The standard InChI is InChI=1S/C20H24FN3OS.ClH/c1-14-18(15-2-4-16(21)5-3-15)12-19(26-14)20(25)24-9-6-17(13-24)23-10-7-22-8-11-23;/h2-5,12,17,22H,6-11,13H2,1H3;1H. The van der Waals surface area contributed by atoms with Crippen molar-refractivity contribution >= 4 is 29.7 Å². The Morgan fingerprint density at radius 1 is 1.19 bits per heavy atom. The highest BCUT2D eigenvalue weighted by Gasteiger charge is 2.32. The van der Waals surface area contributed by atoms with Crippen molar-refractivity contribution in [2.75, 3.05) is 39.3 Å². The number of hydrogen-bond acceptors (Lipinski definition) is 4. The lowest BCUT2D eigenvalue weighted by molar-refractivity contribution is 0.0778. The van der Waals surface area contributed by atoms with E-state index in [0.717, 1.165) is 66.6 Å². The predicted octanol–water partition coefficient (Wildman–Crippen LogP) is 3.40. The molecule has 4 rings (SSSR count). The molecule has 7 heteroatoms. The lowest BCUT2D eigenvalue weighted by atomic mass is 10.1. The molecule has 3 heterocycles. The van der Waals surface area contributed by atoms with Gasteiger partial charge in [-0.15, -0.1) is 23.7 Å². The number of likely N-dealkylation sites (tertiary alicyclic amines) is 1. The van der Waals surface area contributed by atoms with Crippen LogP contribution in [0.4, 0.5) is 4.39 Å². The van der Waals surface area contributed by atoms with Gasteiger partial charge in [0.2, 0.25) is 0 Å². The molecule has 2 aliphatic rings. The molecule has 4 nitrogen and oxygen atoms in total. The molecule has 1 N–H and O–H groups in total. The molecule has 2 aromatic rings. The predicted molar refractivity (Wildman–Crippen MR) is 110 cm³/mol. The highest BCUT2D eigenvalue weighted by atomic mass is 35.5. The van der Waals surface area contributed by atoms with Gasteiger partial charge in [0.25, 0.3) is 5.91 Å². The summed E-state index contributed by atoms with van der Waals surface area (Å²) in [5.74, 6) is -0.113. The smallest absolute Gasteiger partial charge is 0.264 e. The molecule has 0 saturated carbocycles. The molecule has 0 spiro atoms. The number of rotatable bonds is 3. The summed E-state index contributed by atoms with van der Waals surface area (Å²) in [5.41, 5.74) is 1.98. The number of thiophene rings is 1. The van der Waals surface area contributed by atoms with Gasteiger partial charge in [-0.25, -0.2) is 4.39 Å². The fraction of sp³-hybridized carbons (Fsp3) is 0.450. The van der Waals surface area contributed by atoms with Gasteiger partial charge < -0.3 is 10.2 Å². The van der Waals surface area contributed by atoms with Gasteiger partial charge in [0.15, 0.2) is 0 Å². The van der Waals surface area contributed by atoms with Crippen molar-refractivity contribution < 1.29 is 9.18 Å². The summed E-state index contributed by atoms with van der Waals surface area (Å²) >= 11 is 1.54. The van der Waals surface area contributed by atoms with E-state index in [9.17, 15) is 9.18 Å². The lowest BCUT2D eigenvalue weighted by Gasteiger charge is -2.32. The van der Waals surface area contributed by atoms with Gasteiger partial charge in [0.1, 0.15) is 5.82 Å². The molecule has 1 aromatic heterocycles. The van der Waals surface area contributed by atoms with E-state index in [1.54, 1.807) is 12.1 Å². The topological polar surface area (TPSA) is 35.6 Å². The first-order chi connectivity index (χ1) is 12.6. The molecule has 27 heavy (non-hydrogen) atoms. The minimum absolute atomic E-state index is 0. The SMILES string of the molecule is Cc1sc(C(=O)N2CCC(N3CCNCC3)C2)cc1-c1ccc(F)cc1.Cl. The van der Waals surface area contributed by atoms with Crippen LogP contribution >= 0.6 is 23.7 Å². The van der Waals surface area contributed by atoms with Crippen molar-refractivity contribution in [1.29, 1.82) is 0 Å². The summed E-state index contributed by atoms with van der Waals surface area (Å²) in [5, 5.41) is 3.38. The molecular formula is C20H25ClFN3OS. The summed E-state index contributed by atoms with van der Waals surface area (Å²) in [7, 11) is 0. The van der Waals surface area contributed by atoms with Crippen LogP contribution in [0.1, 0.15) is 21.0 Å². The Balaban J connectivity index is 0.00000210. The zero-order chi connectivity index (χ0) is 18.1. The number of nitrogens with zero attached hydrogens (tertiary/aromatic N) is 2. The van der Waals surface area contributed by atoms with E-state index in [4.69, 9.17) is 0 Å². The molecule has 146 valence electrons. The Kier molecular flexibility index (Phi) is 6.52. The van der Waals surface area contributed by atoms with Crippen LogP contribution in [-0.2, 0) is 0 Å². The van der Waals surface area contributed by atoms with Gasteiger partial charge in [-0.3, -0.25) is 9.69 Å². The molecule has 1 unspecified atom stereocenters. The number of amides is 1. The van der Waals surface area contributed by atoms with E-state index >= 15 is 0 Å². The summed E-state index contributed by atoms with van der Waals surface area (Å²) in [6.45, 7) is 7.88. The second kappa shape index (κ2) is 8.69. The number of carbonyl (C=O) groups is 1. The van der Waals surface area contributed by atoms with Crippen molar-refractivity contribution in [2.24, 2.45) is 0 Å². The molecule has 0 aliphatic carbocycles. The first-order valence-electron chi connectivity index (χ1n) is 9.22. The van der Waals surface area contributed by atoms with Crippen LogP contribution < -0.4 is 5.32 Å². The van der Waals surface area contributed by atoms with Crippen molar-refractivity contribution in [2.45, 2.75) is 19.4 Å². The summed E-state index contributed by atoms with van der Waals surface area (Å²) < 4.78 is 13.2. The molecule has 2 saturated heterocycles. The van der Waals surface area contributed by atoms with Crippen LogP contribution in [-0.4, -0.2) is 61.0 Å². The number of aryl methyl sites for hydroxylation is 1. The molecule has 0 radical (unpaired) electrons. The number of hydrogen-bond donors (Lipinski definition) is 1. The van der Waals surface area contributed by atoms with Crippen molar-refractivity contribution in [3.63, 3.8) is 0 Å². The van der Waals surface area contributed by atoms with E-state index in [-0.39, 0.29) is 24.1 Å². The second-order valence-electron chi connectivity index (χ2n) is 7.07. The molecular weight excluding hydrogens is 385 g/mol. The Bertz CT molecular complexity index is 789. The monoisotopic (exact) mass is 409 g/mol. The van der Waals surface area contributed by atoms with Crippen molar-refractivity contribution in [3.8, 4) is 11.1 Å². The molecule has 1 aromatic carbocycles. The zero-order valence-corrected chi connectivity index (χ0v) is 17.0. The van der Waals surface area contributed by atoms with E-state index in [1.165, 1.54) is 23.5 Å². The Morgan fingerprint density at radius 3 is 2.59 bits per heavy atom. The molecule has 2 fully saturated rings. The summed E-state index contributed by atoms with van der Waals surface area (Å²) in [4.78, 5) is 19.3. The minimum Gasteiger partial charge on any atom is -0.336 e. The zero-order valence-electron chi connectivity index (χ0n) is 15.4. The third-order valence-electron chi connectivity index (χ3n) is 5.40. The maximum Gasteiger partial charge on any atom is 0.264 e. The normalized spacial score (nSPS) is 20.5. The van der Waals surface area contributed by atoms with E-state index in [2.05, 4.69) is 10.2 Å². The number of halogens is 2. The first kappa shape index (κ1) is 20.3. The lowest BCUT2D eigenvalue weighted by Crippen LogP contribution is -2.49. The third-order valence-corrected chi connectivity index (χ3v) is 6.44. The highest BCUT2D eigenvalue weighted by molar-refractivity contribution is 7.14. The van der Waals surface area contributed by atoms with Crippen LogP contribution in [0.25, 0.3) is 11.1 Å². The number of piperazine rings is 1. The largest absolute Gasteiger partial charge is 0.336 e. The van der Waals surface area contributed by atoms with Gasteiger partial charge >= 0.3 is 0 Å². The van der Waals surface area contributed by atoms with Crippen LogP contribution in [0.5, 0.6) is 0 Å². The van der Waals surface area contributed by atoms with E-state index in [1.807, 2.05) is 17.9 Å². The second-order valence-corrected chi connectivity index (χ2v) is 8.32. The maximum absolute atomic E-state index is 13.2. The van der Waals surface area contributed by atoms with E-state index < -0.39 is 0 Å². The van der Waals surface area contributed by atoms with Gasteiger partial charge in [0, 0.05) is 50.2 Å². The van der Waals surface area contributed by atoms with Crippen LogP contribution in [0, 0.1) is 12.7 Å². The molecule has 1 atom stereocenters. The van der Waals surface area contributed by atoms with E-state index in [0.29, 0.717) is 6.04 Å². The van der Waals surface area contributed by atoms with Crippen LogP contribution in [0.15, 0.2) is 30.3 Å². The maximum atomic E-state index is 13.2.